The Bertz CT molecular complexity index is 741. The zero-order chi connectivity index (χ0) is 16.3. The molecule has 0 spiro atoms. The highest BCUT2D eigenvalue weighted by atomic mass is 32.2. The van der Waals surface area contributed by atoms with Crippen LogP contribution in [0.5, 0.6) is 0 Å². The molecule has 2 aromatic rings. The fourth-order valence-electron chi connectivity index (χ4n) is 3.49. The molecule has 0 radical (unpaired) electrons. The van der Waals surface area contributed by atoms with E-state index in [1.807, 2.05) is 25.1 Å². The van der Waals surface area contributed by atoms with Crippen molar-refractivity contribution >= 4 is 10.1 Å². The predicted molar refractivity (Wildman–Crippen MR) is 90.8 cm³/mol. The van der Waals surface area contributed by atoms with Gasteiger partial charge in [-0.2, -0.15) is 8.42 Å². The van der Waals surface area contributed by atoms with Crippen molar-refractivity contribution < 1.29 is 12.6 Å². The van der Waals surface area contributed by atoms with E-state index in [0.29, 0.717) is 0 Å². The highest BCUT2D eigenvalue weighted by Crippen LogP contribution is 2.44. The van der Waals surface area contributed by atoms with Crippen LogP contribution in [0, 0.1) is 0 Å². The Labute approximate surface area is 138 Å². The van der Waals surface area contributed by atoms with E-state index >= 15 is 0 Å². The van der Waals surface area contributed by atoms with Crippen LogP contribution in [-0.2, 0) is 14.3 Å². The first kappa shape index (κ1) is 16.2. The lowest BCUT2D eigenvalue weighted by molar-refractivity contribution is 0.0326. The minimum atomic E-state index is -3.76. The second kappa shape index (κ2) is 6.46. The number of hydrogen-bond acceptors (Lipinski definition) is 3. The summed E-state index contributed by atoms with van der Waals surface area (Å²) < 4.78 is 31.1. The molecule has 2 atom stereocenters. The van der Waals surface area contributed by atoms with Crippen molar-refractivity contribution in [1.29, 1.82) is 0 Å². The molecule has 2 unspecified atom stereocenters. The molecule has 3 nitrogen and oxygen atoms in total. The third kappa shape index (κ3) is 3.48. The molecule has 1 saturated carbocycles. The quantitative estimate of drug-likeness (QED) is 0.775. The zero-order valence-corrected chi connectivity index (χ0v) is 14.1. The largest absolute Gasteiger partial charge is 0.297 e. The lowest BCUT2D eigenvalue weighted by Gasteiger charge is -2.40. The normalized spacial score (nSPS) is 25.2. The van der Waals surface area contributed by atoms with Gasteiger partial charge in [0.2, 0.25) is 0 Å². The highest BCUT2D eigenvalue weighted by Gasteiger charge is 2.42. The molecule has 0 aromatic heterocycles. The first-order valence-corrected chi connectivity index (χ1v) is 9.48. The molecule has 1 aliphatic carbocycles. The van der Waals surface area contributed by atoms with Crippen LogP contribution in [0.15, 0.2) is 65.6 Å². The SMILES string of the molecule is CC1(OS(=O)(=O)c2ccccc2)CCCCC1c1ccccc1. The molecule has 0 bridgehead atoms. The summed E-state index contributed by atoms with van der Waals surface area (Å²) in [4.78, 5) is 0.221. The molecule has 4 heteroatoms. The molecule has 0 N–H and O–H groups in total. The Kier molecular flexibility index (Phi) is 4.55. The van der Waals surface area contributed by atoms with Crippen LogP contribution in [0.1, 0.15) is 44.1 Å². The van der Waals surface area contributed by atoms with Crippen LogP contribution < -0.4 is 0 Å². The van der Waals surface area contributed by atoms with Crippen molar-refractivity contribution in [3.05, 3.63) is 66.2 Å². The van der Waals surface area contributed by atoms with E-state index in [1.165, 1.54) is 0 Å². The topological polar surface area (TPSA) is 43.4 Å². The van der Waals surface area contributed by atoms with E-state index in [0.717, 1.165) is 31.2 Å². The molecule has 0 saturated heterocycles. The van der Waals surface area contributed by atoms with Gasteiger partial charge in [-0.25, -0.2) is 0 Å². The molecular formula is C19H22O3S. The summed E-state index contributed by atoms with van der Waals surface area (Å²) in [6.45, 7) is 1.93. The van der Waals surface area contributed by atoms with Gasteiger partial charge in [-0.1, -0.05) is 61.4 Å². The van der Waals surface area contributed by atoms with Gasteiger partial charge >= 0.3 is 0 Å². The van der Waals surface area contributed by atoms with Crippen LogP contribution in [0.3, 0.4) is 0 Å². The molecule has 2 aromatic carbocycles. The lowest BCUT2D eigenvalue weighted by Crippen LogP contribution is -2.40. The maximum Gasteiger partial charge on any atom is 0.297 e. The van der Waals surface area contributed by atoms with Gasteiger partial charge in [-0.05, 0) is 37.5 Å². The maximum atomic E-state index is 12.7. The molecular weight excluding hydrogens is 308 g/mol. The van der Waals surface area contributed by atoms with Gasteiger partial charge in [-0.15, -0.1) is 0 Å². The van der Waals surface area contributed by atoms with Crippen molar-refractivity contribution in [2.75, 3.05) is 0 Å². The fraction of sp³-hybridized carbons (Fsp3) is 0.368. The maximum absolute atomic E-state index is 12.7. The number of hydrogen-bond donors (Lipinski definition) is 0. The Hall–Kier alpha value is -1.65. The molecule has 1 aliphatic rings. The summed E-state index contributed by atoms with van der Waals surface area (Å²) in [5, 5.41) is 0. The highest BCUT2D eigenvalue weighted by molar-refractivity contribution is 7.86. The average molecular weight is 330 g/mol. The Morgan fingerprint density at radius 3 is 2.22 bits per heavy atom. The number of benzene rings is 2. The van der Waals surface area contributed by atoms with Crippen LogP contribution in [0.25, 0.3) is 0 Å². The van der Waals surface area contributed by atoms with E-state index in [2.05, 4.69) is 12.1 Å². The van der Waals surface area contributed by atoms with E-state index in [4.69, 9.17) is 4.18 Å². The van der Waals surface area contributed by atoms with Crippen LogP contribution >= 0.6 is 0 Å². The first-order valence-electron chi connectivity index (χ1n) is 8.07. The zero-order valence-electron chi connectivity index (χ0n) is 13.3. The monoisotopic (exact) mass is 330 g/mol. The van der Waals surface area contributed by atoms with Gasteiger partial charge < -0.3 is 0 Å². The van der Waals surface area contributed by atoms with Crippen LogP contribution in [-0.4, -0.2) is 14.0 Å². The molecule has 122 valence electrons. The fourth-order valence-corrected chi connectivity index (χ4v) is 4.78. The molecule has 1 fully saturated rings. The third-order valence-corrected chi connectivity index (χ3v) is 6.14. The molecule has 0 heterocycles. The van der Waals surface area contributed by atoms with Crippen molar-refractivity contribution in [2.24, 2.45) is 0 Å². The minimum absolute atomic E-state index is 0.0935. The second-order valence-corrected chi connectivity index (χ2v) is 7.92. The smallest absolute Gasteiger partial charge is 0.259 e. The van der Waals surface area contributed by atoms with Gasteiger partial charge in [0.15, 0.2) is 0 Å². The Morgan fingerprint density at radius 2 is 1.57 bits per heavy atom. The molecule has 3 rings (SSSR count). The minimum Gasteiger partial charge on any atom is -0.259 e. The average Bonchev–Trinajstić information content (AvgIpc) is 2.56. The molecule has 23 heavy (non-hydrogen) atoms. The Morgan fingerprint density at radius 1 is 0.957 bits per heavy atom. The predicted octanol–water partition coefficient (Wildman–Crippen LogP) is 4.51. The van der Waals surface area contributed by atoms with Gasteiger partial charge in [-0.3, -0.25) is 4.18 Å². The summed E-state index contributed by atoms with van der Waals surface area (Å²) in [5.74, 6) is 0.0935. The van der Waals surface area contributed by atoms with Crippen LogP contribution in [0.2, 0.25) is 0 Å². The summed E-state index contributed by atoms with van der Waals surface area (Å²) in [5.41, 5.74) is 0.451. The van der Waals surface area contributed by atoms with Crippen molar-refractivity contribution in [2.45, 2.75) is 49.0 Å². The van der Waals surface area contributed by atoms with E-state index in [1.54, 1.807) is 30.3 Å². The lowest BCUT2D eigenvalue weighted by atomic mass is 9.73. The van der Waals surface area contributed by atoms with Crippen LogP contribution in [0.4, 0.5) is 0 Å². The standard InChI is InChI=1S/C19H22O3S/c1-19(22-23(20,21)17-12-6-3-7-13-17)15-9-8-14-18(19)16-10-4-2-5-11-16/h2-7,10-13,18H,8-9,14-15H2,1H3. The van der Waals surface area contributed by atoms with Crippen molar-refractivity contribution in [3.63, 3.8) is 0 Å². The first-order chi connectivity index (χ1) is 11.0. The van der Waals surface area contributed by atoms with Gasteiger partial charge in [0.25, 0.3) is 10.1 Å². The summed E-state index contributed by atoms with van der Waals surface area (Å²) >= 11 is 0. The van der Waals surface area contributed by atoms with E-state index < -0.39 is 15.7 Å². The van der Waals surface area contributed by atoms with Gasteiger partial charge in [0.05, 0.1) is 10.5 Å². The molecule has 0 amide bonds. The second-order valence-electron chi connectivity index (χ2n) is 6.37. The van der Waals surface area contributed by atoms with Crippen molar-refractivity contribution in [3.8, 4) is 0 Å². The van der Waals surface area contributed by atoms with Gasteiger partial charge in [0, 0.05) is 5.92 Å². The summed E-state index contributed by atoms with van der Waals surface area (Å²) in [7, 11) is -3.76. The third-order valence-electron chi connectivity index (χ3n) is 4.69. The van der Waals surface area contributed by atoms with Crippen molar-refractivity contribution in [1.82, 2.24) is 0 Å². The Balaban J connectivity index is 1.92. The summed E-state index contributed by atoms with van der Waals surface area (Å²) in [6, 6.07) is 18.5. The van der Waals surface area contributed by atoms with E-state index in [9.17, 15) is 8.42 Å². The van der Waals surface area contributed by atoms with E-state index in [-0.39, 0.29) is 10.8 Å². The summed E-state index contributed by atoms with van der Waals surface area (Å²) in [6.07, 6.45) is 3.79. The van der Waals surface area contributed by atoms with Gasteiger partial charge in [0.1, 0.15) is 0 Å². The number of rotatable bonds is 4. The molecule has 0 aliphatic heterocycles.